The second-order valence-corrected chi connectivity index (χ2v) is 4.51. The van der Waals surface area contributed by atoms with Crippen LogP contribution in [0.3, 0.4) is 0 Å². The number of alkyl halides is 2. The number of Topliss-reactive ketones (excluding diaryl/α,β-unsaturated/α-hetero) is 1. The molecule has 0 N–H and O–H groups in total. The van der Waals surface area contributed by atoms with E-state index in [1.54, 1.807) is 6.92 Å². The molecule has 0 fully saturated rings. The molecule has 0 aliphatic rings. The monoisotopic (exact) mass is 240 g/mol. The lowest BCUT2D eigenvalue weighted by Crippen LogP contribution is -2.05. The number of carbonyl (C=O) groups is 1. The standard InChI is InChI=1S/C5H6Br2O/c1-3(2)4(8)5(6)7/h5H,1H2,2H3. The summed E-state index contributed by atoms with van der Waals surface area (Å²) in [7, 11) is 0. The second kappa shape index (κ2) is 3.41. The number of rotatable bonds is 2. The molecule has 0 unspecified atom stereocenters. The van der Waals surface area contributed by atoms with Crippen LogP contribution in [-0.4, -0.2) is 9.52 Å². The zero-order chi connectivity index (χ0) is 6.73. The summed E-state index contributed by atoms with van der Waals surface area (Å²) in [6.07, 6.45) is 0. The summed E-state index contributed by atoms with van der Waals surface area (Å²) in [4.78, 5) is 10.6. The van der Waals surface area contributed by atoms with Crippen LogP contribution in [0.25, 0.3) is 0 Å². The molecule has 0 aromatic rings. The summed E-state index contributed by atoms with van der Waals surface area (Å²) in [5.41, 5.74) is 0.559. The van der Waals surface area contributed by atoms with Gasteiger partial charge in [-0.2, -0.15) is 0 Å². The molecule has 0 aromatic carbocycles. The van der Waals surface area contributed by atoms with Gasteiger partial charge in [0.2, 0.25) is 0 Å². The van der Waals surface area contributed by atoms with Crippen molar-refractivity contribution >= 4 is 37.6 Å². The van der Waals surface area contributed by atoms with Crippen molar-refractivity contribution in [2.45, 2.75) is 10.7 Å². The molecule has 0 aliphatic carbocycles. The zero-order valence-corrected chi connectivity index (χ0v) is 7.62. The van der Waals surface area contributed by atoms with Crippen LogP contribution in [0.5, 0.6) is 0 Å². The minimum Gasteiger partial charge on any atom is -0.292 e. The molecule has 0 bridgehead atoms. The van der Waals surface area contributed by atoms with Crippen LogP contribution in [0.4, 0.5) is 0 Å². The summed E-state index contributed by atoms with van der Waals surface area (Å²) < 4.78 is -0.271. The van der Waals surface area contributed by atoms with E-state index in [0.717, 1.165) is 0 Å². The average molecular weight is 242 g/mol. The average Bonchev–Trinajstić information content (AvgIpc) is 1.64. The van der Waals surface area contributed by atoms with Crippen molar-refractivity contribution in [1.29, 1.82) is 0 Å². The van der Waals surface area contributed by atoms with Gasteiger partial charge < -0.3 is 0 Å². The molecular weight excluding hydrogens is 236 g/mol. The maximum Gasteiger partial charge on any atom is 0.182 e. The summed E-state index contributed by atoms with van der Waals surface area (Å²) in [6.45, 7) is 5.15. The molecule has 0 saturated carbocycles. The number of carbonyl (C=O) groups excluding carboxylic acids is 1. The fraction of sp³-hybridized carbons (Fsp3) is 0.400. The smallest absolute Gasteiger partial charge is 0.182 e. The van der Waals surface area contributed by atoms with Crippen LogP contribution in [0.2, 0.25) is 0 Å². The Kier molecular flexibility index (Phi) is 3.56. The molecule has 1 nitrogen and oxygen atoms in total. The van der Waals surface area contributed by atoms with Gasteiger partial charge in [0.1, 0.15) is 3.74 Å². The van der Waals surface area contributed by atoms with E-state index in [4.69, 9.17) is 0 Å². The fourth-order valence-corrected chi connectivity index (χ4v) is 0.968. The molecule has 0 aliphatic heterocycles. The maximum absolute atomic E-state index is 10.6. The largest absolute Gasteiger partial charge is 0.292 e. The second-order valence-electron chi connectivity index (χ2n) is 1.45. The van der Waals surface area contributed by atoms with Gasteiger partial charge in [0.05, 0.1) is 0 Å². The third-order valence-electron chi connectivity index (χ3n) is 0.619. The minimum absolute atomic E-state index is 0.00926. The maximum atomic E-state index is 10.6. The summed E-state index contributed by atoms with van der Waals surface area (Å²) >= 11 is 6.09. The first-order valence-corrected chi connectivity index (χ1v) is 3.86. The van der Waals surface area contributed by atoms with Crippen molar-refractivity contribution in [2.24, 2.45) is 0 Å². The SMILES string of the molecule is C=C(C)C(=O)C(Br)Br. The lowest BCUT2D eigenvalue weighted by atomic mass is 10.2. The quantitative estimate of drug-likeness (QED) is 0.536. The zero-order valence-electron chi connectivity index (χ0n) is 4.45. The Morgan fingerprint density at radius 1 is 1.62 bits per heavy atom. The Hall–Kier alpha value is 0.370. The first-order valence-electron chi connectivity index (χ1n) is 2.03. The lowest BCUT2D eigenvalue weighted by molar-refractivity contribution is -0.113. The van der Waals surface area contributed by atoms with Crippen LogP contribution >= 0.6 is 31.9 Å². The van der Waals surface area contributed by atoms with E-state index in [2.05, 4.69) is 38.4 Å². The van der Waals surface area contributed by atoms with Gasteiger partial charge in [-0.3, -0.25) is 4.79 Å². The molecule has 0 saturated heterocycles. The van der Waals surface area contributed by atoms with Crippen LogP contribution in [-0.2, 0) is 4.79 Å². The Morgan fingerprint density at radius 2 is 2.00 bits per heavy atom. The van der Waals surface area contributed by atoms with Crippen molar-refractivity contribution in [3.05, 3.63) is 12.2 Å². The van der Waals surface area contributed by atoms with Crippen LogP contribution in [0, 0.1) is 0 Å². The molecular formula is C5H6Br2O. The predicted molar refractivity (Wildman–Crippen MR) is 41.5 cm³/mol. The molecule has 0 aromatic heterocycles. The van der Waals surface area contributed by atoms with Gasteiger partial charge in [-0.25, -0.2) is 0 Å². The first kappa shape index (κ1) is 8.37. The predicted octanol–water partition coefficient (Wildman–Crippen LogP) is 2.25. The third kappa shape index (κ3) is 2.62. The van der Waals surface area contributed by atoms with Crippen molar-refractivity contribution < 1.29 is 4.79 Å². The molecule has 8 heavy (non-hydrogen) atoms. The minimum atomic E-state index is -0.271. The molecule has 0 heterocycles. The third-order valence-corrected chi connectivity index (χ3v) is 1.45. The lowest BCUT2D eigenvalue weighted by Gasteiger charge is -1.96. The fourth-order valence-electron chi connectivity index (χ4n) is 0.186. The van der Waals surface area contributed by atoms with E-state index < -0.39 is 0 Å². The highest BCUT2D eigenvalue weighted by Gasteiger charge is 2.09. The highest BCUT2D eigenvalue weighted by molar-refractivity contribution is 9.25. The molecule has 0 rings (SSSR count). The number of hydrogen-bond donors (Lipinski definition) is 0. The van der Waals surface area contributed by atoms with E-state index in [9.17, 15) is 4.79 Å². The number of hydrogen-bond acceptors (Lipinski definition) is 1. The summed E-state index contributed by atoms with van der Waals surface area (Å²) in [6, 6.07) is 0. The highest BCUT2D eigenvalue weighted by atomic mass is 79.9. The van der Waals surface area contributed by atoms with E-state index in [1.807, 2.05) is 0 Å². The Labute approximate surface area is 65.4 Å². The van der Waals surface area contributed by atoms with Gasteiger partial charge in [0.25, 0.3) is 0 Å². The Morgan fingerprint density at radius 3 is 2.00 bits per heavy atom. The van der Waals surface area contributed by atoms with Crippen molar-refractivity contribution in [1.82, 2.24) is 0 Å². The van der Waals surface area contributed by atoms with E-state index in [-0.39, 0.29) is 9.52 Å². The van der Waals surface area contributed by atoms with E-state index in [1.165, 1.54) is 0 Å². The van der Waals surface area contributed by atoms with Crippen molar-refractivity contribution in [3.8, 4) is 0 Å². The molecule has 0 atom stereocenters. The topological polar surface area (TPSA) is 17.1 Å². The summed E-state index contributed by atoms with van der Waals surface area (Å²) in [5.74, 6) is -0.00926. The van der Waals surface area contributed by atoms with Gasteiger partial charge in [0.15, 0.2) is 5.78 Å². The Balaban J connectivity index is 3.84. The molecule has 0 radical (unpaired) electrons. The van der Waals surface area contributed by atoms with Crippen LogP contribution in [0.15, 0.2) is 12.2 Å². The molecule has 3 heteroatoms. The Bertz CT molecular complexity index is 118. The number of allylic oxidation sites excluding steroid dienone is 1. The summed E-state index contributed by atoms with van der Waals surface area (Å²) in [5, 5.41) is 0. The molecule has 0 spiro atoms. The van der Waals surface area contributed by atoms with Gasteiger partial charge >= 0.3 is 0 Å². The highest BCUT2D eigenvalue weighted by Crippen LogP contribution is 2.12. The van der Waals surface area contributed by atoms with Crippen LogP contribution < -0.4 is 0 Å². The van der Waals surface area contributed by atoms with Gasteiger partial charge in [-0.15, -0.1) is 0 Å². The van der Waals surface area contributed by atoms with Crippen molar-refractivity contribution in [3.63, 3.8) is 0 Å². The molecule has 0 amide bonds. The van der Waals surface area contributed by atoms with Gasteiger partial charge in [-0.05, 0) is 12.5 Å². The number of halogens is 2. The van der Waals surface area contributed by atoms with E-state index in [0.29, 0.717) is 5.57 Å². The van der Waals surface area contributed by atoms with Crippen LogP contribution in [0.1, 0.15) is 6.92 Å². The number of ketones is 1. The molecule has 46 valence electrons. The van der Waals surface area contributed by atoms with Gasteiger partial charge in [0, 0.05) is 0 Å². The van der Waals surface area contributed by atoms with Crippen molar-refractivity contribution in [2.75, 3.05) is 0 Å². The normalized spacial score (nSPS) is 9.50. The van der Waals surface area contributed by atoms with E-state index >= 15 is 0 Å². The van der Waals surface area contributed by atoms with Gasteiger partial charge in [-0.1, -0.05) is 38.4 Å². The first-order chi connectivity index (χ1) is 3.55.